The number of carbonyl (C=O) groups excluding carboxylic acids is 1. The molecule has 0 fully saturated rings. The molecule has 0 aliphatic rings. The maximum absolute atomic E-state index is 11.6. The molecule has 17 heavy (non-hydrogen) atoms. The molecule has 1 aromatic carbocycles. The summed E-state index contributed by atoms with van der Waals surface area (Å²) in [4.78, 5) is 16.0. The Hall–Kier alpha value is -1.70. The van der Waals surface area contributed by atoms with Crippen LogP contribution in [0.2, 0.25) is 0 Å². The summed E-state index contributed by atoms with van der Waals surface area (Å²) in [6.07, 6.45) is 1.71. The van der Waals surface area contributed by atoms with E-state index in [0.29, 0.717) is 5.92 Å². The highest BCUT2D eigenvalue weighted by Gasteiger charge is 2.11. The van der Waals surface area contributed by atoms with E-state index in [2.05, 4.69) is 31.0 Å². The van der Waals surface area contributed by atoms with Gasteiger partial charge >= 0.3 is 0 Å². The third-order valence-corrected chi connectivity index (χ3v) is 3.11. The minimum atomic E-state index is 0.0952. The van der Waals surface area contributed by atoms with Gasteiger partial charge in [-0.2, -0.15) is 0 Å². The van der Waals surface area contributed by atoms with E-state index in [1.165, 1.54) is 5.56 Å². The summed E-state index contributed by atoms with van der Waals surface area (Å²) in [7, 11) is 0. The lowest BCUT2D eigenvalue weighted by Crippen LogP contribution is -1.98. The first-order valence-electron chi connectivity index (χ1n) is 5.91. The summed E-state index contributed by atoms with van der Waals surface area (Å²) >= 11 is 0. The smallest absolute Gasteiger partial charge is 0.160 e. The number of aromatic nitrogens is 1. The van der Waals surface area contributed by atoms with Crippen LogP contribution in [-0.4, -0.2) is 10.8 Å². The van der Waals surface area contributed by atoms with Crippen molar-refractivity contribution in [2.75, 3.05) is 0 Å². The van der Waals surface area contributed by atoms with Gasteiger partial charge in [-0.05, 0) is 43.0 Å². The van der Waals surface area contributed by atoms with E-state index >= 15 is 0 Å². The number of carbonyl (C=O) groups is 1. The van der Waals surface area contributed by atoms with Gasteiger partial charge in [0.25, 0.3) is 0 Å². The molecule has 2 rings (SSSR count). The zero-order valence-electron chi connectivity index (χ0n) is 10.7. The molecule has 0 radical (unpaired) electrons. The van der Waals surface area contributed by atoms with E-state index in [0.717, 1.165) is 22.0 Å². The lowest BCUT2D eigenvalue weighted by Gasteiger charge is -2.11. The highest BCUT2D eigenvalue weighted by molar-refractivity contribution is 6.07. The molecule has 0 unspecified atom stereocenters. The van der Waals surface area contributed by atoms with Crippen molar-refractivity contribution in [3.8, 4) is 0 Å². The third-order valence-electron chi connectivity index (χ3n) is 3.11. The molecule has 1 heterocycles. The second-order valence-electron chi connectivity index (χ2n) is 4.80. The molecule has 0 spiro atoms. The second kappa shape index (κ2) is 4.28. The molecule has 88 valence electrons. The number of hydrogen-bond donors (Lipinski definition) is 0. The highest BCUT2D eigenvalue weighted by Crippen LogP contribution is 2.26. The van der Waals surface area contributed by atoms with Gasteiger partial charge in [0.2, 0.25) is 0 Å². The molecule has 0 bridgehead atoms. The van der Waals surface area contributed by atoms with Crippen molar-refractivity contribution in [2.45, 2.75) is 33.6 Å². The van der Waals surface area contributed by atoms with Gasteiger partial charge < -0.3 is 0 Å². The quantitative estimate of drug-likeness (QED) is 0.729. The standard InChI is InChI=1S/C15H17NO/c1-9(2)12-7-10(3)15-13(11(4)17)5-6-16-14(15)8-12/h5-9H,1-4H3. The average Bonchev–Trinajstić information content (AvgIpc) is 2.27. The molecule has 2 nitrogen and oxygen atoms in total. The number of pyridine rings is 1. The van der Waals surface area contributed by atoms with E-state index in [1.54, 1.807) is 19.2 Å². The Kier molecular flexibility index (Phi) is 2.97. The van der Waals surface area contributed by atoms with Crippen LogP contribution in [0.25, 0.3) is 10.9 Å². The van der Waals surface area contributed by atoms with Gasteiger partial charge in [0.05, 0.1) is 5.52 Å². The lowest BCUT2D eigenvalue weighted by atomic mass is 9.95. The number of benzene rings is 1. The number of hydrogen-bond acceptors (Lipinski definition) is 2. The number of Topliss-reactive ketones (excluding diaryl/α,β-unsaturated/α-hetero) is 1. The summed E-state index contributed by atoms with van der Waals surface area (Å²) < 4.78 is 0. The van der Waals surface area contributed by atoms with Crippen molar-refractivity contribution in [1.82, 2.24) is 4.98 Å². The molecule has 2 aromatic rings. The Bertz CT molecular complexity index is 585. The minimum Gasteiger partial charge on any atom is -0.294 e. The molecule has 2 heteroatoms. The van der Waals surface area contributed by atoms with Gasteiger partial charge in [-0.25, -0.2) is 0 Å². The van der Waals surface area contributed by atoms with Gasteiger partial charge in [0, 0.05) is 17.1 Å². The maximum Gasteiger partial charge on any atom is 0.160 e. The zero-order chi connectivity index (χ0) is 12.6. The first kappa shape index (κ1) is 11.8. The van der Waals surface area contributed by atoms with Gasteiger partial charge in [-0.1, -0.05) is 19.9 Å². The zero-order valence-corrected chi connectivity index (χ0v) is 10.7. The normalized spacial score (nSPS) is 11.1. The van der Waals surface area contributed by atoms with Gasteiger partial charge in [0.15, 0.2) is 5.78 Å². The van der Waals surface area contributed by atoms with Gasteiger partial charge in [-0.3, -0.25) is 9.78 Å². The molecule has 0 N–H and O–H groups in total. The number of ketones is 1. The Labute approximate surface area is 102 Å². The van der Waals surface area contributed by atoms with Crippen molar-refractivity contribution in [3.05, 3.63) is 41.1 Å². The van der Waals surface area contributed by atoms with Crippen LogP contribution >= 0.6 is 0 Å². The van der Waals surface area contributed by atoms with Crippen LogP contribution in [0.3, 0.4) is 0 Å². The van der Waals surface area contributed by atoms with Crippen LogP contribution in [0.15, 0.2) is 24.4 Å². The van der Waals surface area contributed by atoms with E-state index in [9.17, 15) is 4.79 Å². The van der Waals surface area contributed by atoms with E-state index in [-0.39, 0.29) is 5.78 Å². The number of fused-ring (bicyclic) bond motifs is 1. The van der Waals surface area contributed by atoms with E-state index in [1.807, 2.05) is 6.92 Å². The summed E-state index contributed by atoms with van der Waals surface area (Å²) in [5.41, 5.74) is 4.08. The van der Waals surface area contributed by atoms with Crippen LogP contribution in [0.4, 0.5) is 0 Å². The maximum atomic E-state index is 11.6. The third kappa shape index (κ3) is 2.07. The molecule has 0 aliphatic carbocycles. The van der Waals surface area contributed by atoms with Crippen LogP contribution in [-0.2, 0) is 0 Å². The monoisotopic (exact) mass is 227 g/mol. The SMILES string of the molecule is CC(=O)c1ccnc2cc(C(C)C)cc(C)c12. The summed E-state index contributed by atoms with van der Waals surface area (Å²) in [6, 6.07) is 6.03. The second-order valence-corrected chi connectivity index (χ2v) is 4.80. The summed E-state index contributed by atoms with van der Waals surface area (Å²) in [6.45, 7) is 7.97. The first-order chi connectivity index (χ1) is 8.00. The highest BCUT2D eigenvalue weighted by atomic mass is 16.1. The van der Waals surface area contributed by atoms with Gasteiger partial charge in [-0.15, -0.1) is 0 Å². The Morgan fingerprint density at radius 1 is 1.29 bits per heavy atom. The first-order valence-corrected chi connectivity index (χ1v) is 5.91. The predicted octanol–water partition coefficient (Wildman–Crippen LogP) is 3.87. The van der Waals surface area contributed by atoms with Crippen molar-refractivity contribution in [1.29, 1.82) is 0 Å². The Morgan fingerprint density at radius 2 is 2.00 bits per heavy atom. The van der Waals surface area contributed by atoms with Crippen LogP contribution in [0, 0.1) is 6.92 Å². The largest absolute Gasteiger partial charge is 0.294 e. The number of rotatable bonds is 2. The lowest BCUT2D eigenvalue weighted by molar-refractivity contribution is 0.101. The van der Waals surface area contributed by atoms with Crippen LogP contribution in [0.5, 0.6) is 0 Å². The molecule has 0 saturated heterocycles. The van der Waals surface area contributed by atoms with Crippen molar-refractivity contribution in [2.24, 2.45) is 0 Å². The van der Waals surface area contributed by atoms with Crippen molar-refractivity contribution >= 4 is 16.7 Å². The fourth-order valence-corrected chi connectivity index (χ4v) is 2.15. The summed E-state index contributed by atoms with van der Waals surface area (Å²) in [5.74, 6) is 0.568. The fourth-order valence-electron chi connectivity index (χ4n) is 2.15. The molecule has 1 aromatic heterocycles. The van der Waals surface area contributed by atoms with Crippen molar-refractivity contribution < 1.29 is 4.79 Å². The molecular weight excluding hydrogens is 210 g/mol. The van der Waals surface area contributed by atoms with Crippen LogP contribution in [0.1, 0.15) is 48.2 Å². The molecule has 0 saturated carbocycles. The van der Waals surface area contributed by atoms with E-state index in [4.69, 9.17) is 0 Å². The topological polar surface area (TPSA) is 30.0 Å². The number of nitrogens with zero attached hydrogens (tertiary/aromatic N) is 1. The molecule has 0 amide bonds. The summed E-state index contributed by atoms with van der Waals surface area (Å²) in [5, 5.41) is 0.990. The number of aryl methyl sites for hydroxylation is 1. The Balaban J connectivity index is 2.80. The molecule has 0 atom stereocenters. The average molecular weight is 227 g/mol. The predicted molar refractivity (Wildman–Crippen MR) is 70.6 cm³/mol. The minimum absolute atomic E-state index is 0.0952. The van der Waals surface area contributed by atoms with Crippen molar-refractivity contribution in [3.63, 3.8) is 0 Å². The fraction of sp³-hybridized carbons (Fsp3) is 0.333. The van der Waals surface area contributed by atoms with Gasteiger partial charge in [0.1, 0.15) is 0 Å². The van der Waals surface area contributed by atoms with Crippen LogP contribution < -0.4 is 0 Å². The molecular formula is C15H17NO. The Morgan fingerprint density at radius 3 is 2.59 bits per heavy atom. The van der Waals surface area contributed by atoms with E-state index < -0.39 is 0 Å². The molecule has 0 aliphatic heterocycles.